The SMILES string of the molecule is Cc1ccc2c(I)c(-c3sc4c(sc5cc6c(cc54)sc4c(Br)c(-c5sc7cc(C)ccc7c5I)sc46)c3Br)sc2c1.Cc1ccc2c(I)c(-c3sc4c(sc5cc6c(cc54)sc4c(I)c(-c5sc7cc(C)ccc7c5I)sc46)c3I)sc2c1. The predicted molar refractivity (Wildman–Crippen MR) is 450 cm³/mol. The Morgan fingerprint density at radius 1 is 0.226 bits per heavy atom. The Kier molecular flexibility index (Phi) is 15.1. The van der Waals surface area contributed by atoms with Gasteiger partial charge in [0.25, 0.3) is 0 Å². The van der Waals surface area contributed by atoms with E-state index in [1.807, 2.05) is 136 Å². The van der Waals surface area contributed by atoms with Crippen molar-refractivity contribution in [1.29, 1.82) is 0 Å². The molecule has 0 saturated heterocycles. The molecule has 6 aromatic carbocycles. The highest BCUT2D eigenvalue weighted by molar-refractivity contribution is 14.1. The van der Waals surface area contributed by atoms with Crippen LogP contribution in [-0.4, -0.2) is 0 Å². The molecule has 0 atom stereocenters. The summed E-state index contributed by atoms with van der Waals surface area (Å²) < 4.78 is 33.2. The van der Waals surface area contributed by atoms with Crippen molar-refractivity contribution in [3.63, 3.8) is 0 Å². The highest BCUT2D eigenvalue weighted by Crippen LogP contribution is 2.59. The van der Waals surface area contributed by atoms with E-state index in [4.69, 9.17) is 0 Å². The molecule has 18 rings (SSSR count). The fourth-order valence-electron chi connectivity index (χ4n) is 11.1. The molecule has 0 unspecified atom stereocenters. The summed E-state index contributed by atoms with van der Waals surface area (Å²) in [7, 11) is 0. The summed E-state index contributed by atoms with van der Waals surface area (Å²) >= 11 is 46.9. The second kappa shape index (κ2) is 21.9. The second-order valence-electron chi connectivity index (χ2n) is 20.7. The van der Waals surface area contributed by atoms with E-state index in [9.17, 15) is 0 Å². The molecule has 0 amide bonds. The molecular weight excluding hydrogens is 2070 g/mol. The van der Waals surface area contributed by atoms with Crippen molar-refractivity contribution in [1.82, 2.24) is 0 Å². The number of aryl methyl sites for hydroxylation is 4. The van der Waals surface area contributed by atoms with E-state index in [2.05, 4.69) is 292 Å². The van der Waals surface area contributed by atoms with Crippen molar-refractivity contribution in [2.75, 3.05) is 0 Å². The van der Waals surface area contributed by atoms with Crippen molar-refractivity contribution in [3.05, 3.63) is 150 Å². The third-order valence-electron chi connectivity index (χ3n) is 15.2. The molecule has 412 valence electrons. The fraction of sp³-hybridized carbons (Fsp3) is 0.0625. The summed E-state index contributed by atoms with van der Waals surface area (Å²) in [4.78, 5) is 11.2. The van der Waals surface area contributed by atoms with Crippen LogP contribution in [0.4, 0.5) is 0 Å². The number of thiophene rings is 12. The maximum absolute atomic E-state index is 4.05. The lowest BCUT2D eigenvalue weighted by Crippen LogP contribution is -1.74. The Labute approximate surface area is 626 Å². The van der Waals surface area contributed by atoms with Gasteiger partial charge in [0, 0.05) is 95.0 Å². The smallest absolute Gasteiger partial charge is 0.0617 e. The van der Waals surface area contributed by atoms with Crippen LogP contribution < -0.4 is 0 Å². The van der Waals surface area contributed by atoms with Gasteiger partial charge in [0.1, 0.15) is 0 Å². The minimum Gasteiger partial charge on any atom is -0.133 e. The van der Waals surface area contributed by atoms with E-state index in [1.54, 1.807) is 0 Å². The van der Waals surface area contributed by atoms with Crippen LogP contribution >= 0.6 is 303 Å². The lowest BCUT2D eigenvalue weighted by molar-refractivity contribution is 1.52. The summed E-state index contributed by atoms with van der Waals surface area (Å²) in [6, 6.07) is 37.2. The summed E-state index contributed by atoms with van der Waals surface area (Å²) in [5, 5.41) is 11.1. The first-order valence-corrected chi connectivity index (χ1v) is 43.5. The monoisotopic (exact) mass is 2100 g/mol. The van der Waals surface area contributed by atoms with Gasteiger partial charge in [0.2, 0.25) is 0 Å². The second-order valence-corrected chi connectivity index (χ2v) is 41.2. The average molecular weight is 2100 g/mol. The first-order chi connectivity index (χ1) is 40.5. The van der Waals surface area contributed by atoms with Crippen LogP contribution in [0.25, 0.3) is 157 Å². The normalized spacial score (nSPS) is 12.5. The van der Waals surface area contributed by atoms with Gasteiger partial charge in [-0.05, 0) is 266 Å². The van der Waals surface area contributed by atoms with Gasteiger partial charge in [-0.25, -0.2) is 0 Å². The largest absolute Gasteiger partial charge is 0.133 e. The molecule has 0 spiro atoms. The number of hydrogen-bond donors (Lipinski definition) is 0. The van der Waals surface area contributed by atoms with Crippen molar-refractivity contribution in [2.45, 2.75) is 27.7 Å². The van der Waals surface area contributed by atoms with Gasteiger partial charge in [-0.1, -0.05) is 48.5 Å². The molecule has 12 heterocycles. The lowest BCUT2D eigenvalue weighted by Gasteiger charge is -1.98. The molecule has 84 heavy (non-hydrogen) atoms. The first kappa shape index (κ1) is 58.0. The molecule has 12 aromatic heterocycles. The van der Waals surface area contributed by atoms with E-state index < -0.39 is 0 Å². The van der Waals surface area contributed by atoms with Gasteiger partial charge in [0.05, 0.1) is 92.7 Å². The molecule has 0 aliphatic rings. The average Bonchev–Trinajstić information content (AvgIpc) is 2.56. The quantitative estimate of drug-likeness (QED) is 0.154. The zero-order chi connectivity index (χ0) is 57.2. The lowest BCUT2D eigenvalue weighted by atomic mass is 10.2. The zero-order valence-corrected chi connectivity index (χ0v) is 69.1. The molecular formula is C64H28Br2I6S12. The zero-order valence-electron chi connectivity index (χ0n) is 43.2. The van der Waals surface area contributed by atoms with Crippen molar-refractivity contribution >= 4 is 422 Å². The van der Waals surface area contributed by atoms with Crippen LogP contribution in [0, 0.1) is 49.1 Å². The van der Waals surface area contributed by atoms with Crippen LogP contribution in [-0.2, 0) is 0 Å². The Morgan fingerprint density at radius 2 is 0.452 bits per heavy atom. The van der Waals surface area contributed by atoms with Crippen molar-refractivity contribution in [3.8, 4) is 39.0 Å². The van der Waals surface area contributed by atoms with E-state index >= 15 is 0 Å². The summed E-state index contributed by atoms with van der Waals surface area (Å²) in [5.41, 5.74) is 5.29. The van der Waals surface area contributed by atoms with Gasteiger partial charge in [-0.3, -0.25) is 0 Å². The summed E-state index contributed by atoms with van der Waals surface area (Å²) in [6.45, 7) is 8.72. The molecule has 0 fully saturated rings. The fourth-order valence-corrected chi connectivity index (χ4v) is 37.9. The molecule has 18 aromatic rings. The van der Waals surface area contributed by atoms with Gasteiger partial charge in [-0.2, -0.15) is 0 Å². The molecule has 0 N–H and O–H groups in total. The van der Waals surface area contributed by atoms with Gasteiger partial charge in [-0.15, -0.1) is 136 Å². The topological polar surface area (TPSA) is 0 Å². The molecule has 0 saturated carbocycles. The number of benzene rings is 6. The van der Waals surface area contributed by atoms with E-state index in [1.165, 1.54) is 210 Å². The van der Waals surface area contributed by atoms with Gasteiger partial charge < -0.3 is 0 Å². The van der Waals surface area contributed by atoms with E-state index in [0.717, 1.165) is 0 Å². The van der Waals surface area contributed by atoms with E-state index in [-0.39, 0.29) is 0 Å². The van der Waals surface area contributed by atoms with Crippen LogP contribution in [0.1, 0.15) is 22.3 Å². The van der Waals surface area contributed by atoms with Gasteiger partial charge >= 0.3 is 0 Å². The van der Waals surface area contributed by atoms with Crippen LogP contribution in [0.5, 0.6) is 0 Å². The molecule has 0 bridgehead atoms. The van der Waals surface area contributed by atoms with Crippen molar-refractivity contribution < 1.29 is 0 Å². The summed E-state index contributed by atoms with van der Waals surface area (Å²) in [6.07, 6.45) is 0. The third-order valence-corrected chi connectivity index (χ3v) is 42.8. The van der Waals surface area contributed by atoms with Crippen molar-refractivity contribution in [2.24, 2.45) is 0 Å². The first-order valence-electron chi connectivity index (χ1n) is 25.7. The Hall–Kier alpha value is 0.180. The molecule has 0 radical (unpaired) electrons. The van der Waals surface area contributed by atoms with E-state index in [0.29, 0.717) is 0 Å². The molecule has 20 heteroatoms. The number of hydrogen-bond acceptors (Lipinski definition) is 12. The summed E-state index contributed by atoms with van der Waals surface area (Å²) in [5.74, 6) is 0. The minimum absolute atomic E-state index is 1.24. The predicted octanol–water partition coefficient (Wildman–Crippen LogP) is 31.0. The number of rotatable bonds is 4. The molecule has 0 aliphatic carbocycles. The Morgan fingerprint density at radius 3 is 0.750 bits per heavy atom. The highest BCUT2D eigenvalue weighted by atomic mass is 127. The maximum atomic E-state index is 4.05. The van der Waals surface area contributed by atoms with Crippen LogP contribution in [0.2, 0.25) is 0 Å². The Bertz CT molecular complexity index is 5210. The molecule has 0 nitrogen and oxygen atoms in total. The highest BCUT2D eigenvalue weighted by Gasteiger charge is 2.28. The van der Waals surface area contributed by atoms with Crippen LogP contribution in [0.3, 0.4) is 0 Å². The Balaban J connectivity index is 0.000000132. The third kappa shape index (κ3) is 9.08. The minimum atomic E-state index is 1.24. The standard InChI is InChI=1S/C32H14Br2I2S6.C32H14I4S6/c1-11-3-5-13-17(7-11)39-31(23(13)35)29-21(33)27-25(41-29)15-9-20-16(10-19(15)37-27)26-28(38-20)22(34)30(42-26)32-24(36)14-6-4-12(2)8-18(14)40-32;1-11-3-5-13-17(7-11)37-27(21(13)33)31-23(35)29-25(41-31)15-9-20-16(10-19(15)39-29)26-30(40-20)24(36)32(42-26)28-22(34)14-6-4-12(2)8-18(14)38-28/h2*3-10H,1-2H3. The number of fused-ring (bicyclic) bond motifs is 16. The maximum Gasteiger partial charge on any atom is 0.0617 e. The van der Waals surface area contributed by atoms with Crippen LogP contribution in [0.15, 0.2) is 106 Å². The van der Waals surface area contributed by atoms with Gasteiger partial charge in [0.15, 0.2) is 0 Å². The number of halogens is 8. The molecule has 0 aliphatic heterocycles.